The third kappa shape index (κ3) is 5.02. The number of hydrogen-bond donors (Lipinski definition) is 0. The lowest BCUT2D eigenvalue weighted by molar-refractivity contribution is -0.140. The lowest BCUT2D eigenvalue weighted by Crippen LogP contribution is -2.06. The Hall–Kier alpha value is -4.69. The first-order chi connectivity index (χ1) is 19.7. The number of fused-ring (bicyclic) bond motifs is 1. The Morgan fingerprint density at radius 3 is 2.54 bits per heavy atom. The molecule has 5 aromatic rings. The second-order valence-electron chi connectivity index (χ2n) is 9.50. The van der Waals surface area contributed by atoms with Crippen molar-refractivity contribution in [2.24, 2.45) is 7.05 Å². The van der Waals surface area contributed by atoms with E-state index in [1.165, 1.54) is 24.2 Å². The van der Waals surface area contributed by atoms with E-state index in [1.54, 1.807) is 24.9 Å². The van der Waals surface area contributed by atoms with E-state index >= 15 is 4.39 Å². The maximum atomic E-state index is 15.1. The van der Waals surface area contributed by atoms with Gasteiger partial charge in [-0.15, -0.1) is 0 Å². The van der Waals surface area contributed by atoms with Gasteiger partial charge >= 0.3 is 6.18 Å². The Kier molecular flexibility index (Phi) is 6.50. The predicted octanol–water partition coefficient (Wildman–Crippen LogP) is 4.72. The van der Waals surface area contributed by atoms with Crippen molar-refractivity contribution in [3.63, 3.8) is 0 Å². The molecule has 0 saturated heterocycles. The van der Waals surface area contributed by atoms with Gasteiger partial charge in [-0.3, -0.25) is 4.68 Å². The highest BCUT2D eigenvalue weighted by molar-refractivity contribution is 5.82. The maximum absolute atomic E-state index is 15.1. The van der Waals surface area contributed by atoms with Crippen molar-refractivity contribution < 1.29 is 27.0 Å². The normalized spacial score (nSPS) is 13.6. The molecule has 6 rings (SSSR count). The summed E-state index contributed by atoms with van der Waals surface area (Å²) in [7, 11) is 3.24. The van der Waals surface area contributed by atoms with Crippen LogP contribution in [0.4, 0.5) is 17.6 Å². The molecule has 0 aliphatic heterocycles. The van der Waals surface area contributed by atoms with E-state index in [-0.39, 0.29) is 36.5 Å². The molecule has 5 heterocycles. The molecule has 212 valence electrons. The fourth-order valence-corrected chi connectivity index (χ4v) is 4.48. The summed E-state index contributed by atoms with van der Waals surface area (Å²) in [5.74, 6) is -0.0391. The minimum Gasteiger partial charge on any atom is -0.480 e. The average molecular weight is 570 g/mol. The quantitative estimate of drug-likeness (QED) is 0.245. The zero-order valence-electron chi connectivity index (χ0n) is 22.1. The first-order valence-electron chi connectivity index (χ1n) is 12.7. The molecule has 1 aliphatic rings. The lowest BCUT2D eigenvalue weighted by Gasteiger charge is -2.12. The van der Waals surface area contributed by atoms with Gasteiger partial charge in [0.05, 0.1) is 19.0 Å². The van der Waals surface area contributed by atoms with Crippen LogP contribution in [-0.4, -0.2) is 51.4 Å². The monoisotopic (exact) mass is 569 g/mol. The molecule has 11 nitrogen and oxygen atoms in total. The Morgan fingerprint density at radius 1 is 1.05 bits per heavy atom. The van der Waals surface area contributed by atoms with Crippen LogP contribution in [0.25, 0.3) is 33.9 Å². The van der Waals surface area contributed by atoms with Crippen molar-refractivity contribution in [3.8, 4) is 34.7 Å². The number of pyridine rings is 1. The van der Waals surface area contributed by atoms with Crippen LogP contribution in [0.2, 0.25) is 0 Å². The highest BCUT2D eigenvalue weighted by Gasteiger charge is 2.35. The Labute approximate surface area is 230 Å². The molecule has 5 aromatic heterocycles. The molecule has 0 spiro atoms. The Bertz CT molecular complexity index is 1760. The minimum absolute atomic E-state index is 0.138. The number of nitrogens with zero attached hydrogens (tertiary/aromatic N) is 9. The summed E-state index contributed by atoms with van der Waals surface area (Å²) in [5.41, 5.74) is 1.14. The van der Waals surface area contributed by atoms with Crippen LogP contribution < -0.4 is 9.47 Å². The van der Waals surface area contributed by atoms with E-state index in [0.29, 0.717) is 33.9 Å². The second-order valence-corrected chi connectivity index (χ2v) is 9.50. The van der Waals surface area contributed by atoms with Crippen LogP contribution in [0.5, 0.6) is 11.8 Å². The fourth-order valence-electron chi connectivity index (χ4n) is 4.48. The van der Waals surface area contributed by atoms with Crippen LogP contribution in [0, 0.1) is 5.82 Å². The number of ether oxygens (including phenoxy) is 2. The Morgan fingerprint density at radius 2 is 1.85 bits per heavy atom. The van der Waals surface area contributed by atoms with Crippen molar-refractivity contribution >= 4 is 11.0 Å². The third-order valence-electron chi connectivity index (χ3n) is 6.56. The van der Waals surface area contributed by atoms with Crippen molar-refractivity contribution in [3.05, 3.63) is 53.8 Å². The van der Waals surface area contributed by atoms with Gasteiger partial charge in [0.2, 0.25) is 11.8 Å². The molecule has 0 bridgehead atoms. The lowest BCUT2D eigenvalue weighted by atomic mass is 10.1. The first-order valence-corrected chi connectivity index (χ1v) is 12.7. The van der Waals surface area contributed by atoms with E-state index in [2.05, 4.69) is 35.0 Å². The fraction of sp³-hybridized carbons (Fsp3) is 0.346. The molecule has 1 saturated carbocycles. The summed E-state index contributed by atoms with van der Waals surface area (Å²) < 4.78 is 68.9. The van der Waals surface area contributed by atoms with Crippen LogP contribution in [-0.2, 0) is 26.4 Å². The molecule has 0 unspecified atom stereocenters. The number of imidazole rings is 1. The third-order valence-corrected chi connectivity index (χ3v) is 6.56. The van der Waals surface area contributed by atoms with Crippen molar-refractivity contribution in [1.29, 1.82) is 0 Å². The van der Waals surface area contributed by atoms with E-state index in [9.17, 15) is 13.2 Å². The minimum atomic E-state index is -4.66. The molecular weight excluding hydrogens is 546 g/mol. The molecule has 1 aliphatic carbocycles. The van der Waals surface area contributed by atoms with Gasteiger partial charge in [-0.2, -0.15) is 23.3 Å². The van der Waals surface area contributed by atoms with Crippen LogP contribution in [0.15, 0.2) is 31.0 Å². The molecule has 0 atom stereocenters. The van der Waals surface area contributed by atoms with Gasteiger partial charge in [-0.05, 0) is 25.8 Å². The SMILES string of the molecule is CCn1cc(C(F)(F)F)nc1-c1ncc(COc2nc(-c3c(OC)ncnc3C3CC3)nc3cn(C)nc23)cc1F. The van der Waals surface area contributed by atoms with Crippen LogP contribution in [0.1, 0.15) is 42.6 Å². The van der Waals surface area contributed by atoms with Gasteiger partial charge in [0.1, 0.15) is 29.7 Å². The number of aromatic nitrogens is 9. The number of aryl methyl sites for hydroxylation is 2. The zero-order chi connectivity index (χ0) is 28.9. The highest BCUT2D eigenvalue weighted by Crippen LogP contribution is 2.45. The maximum Gasteiger partial charge on any atom is 0.434 e. The first kappa shape index (κ1) is 26.5. The Balaban J connectivity index is 1.33. The van der Waals surface area contributed by atoms with E-state index in [0.717, 1.165) is 30.8 Å². The summed E-state index contributed by atoms with van der Waals surface area (Å²) in [6.45, 7) is 1.63. The molecule has 0 aromatic carbocycles. The molecule has 1 fully saturated rings. The van der Waals surface area contributed by atoms with Crippen LogP contribution >= 0.6 is 0 Å². The van der Waals surface area contributed by atoms with Crippen molar-refractivity contribution in [2.75, 3.05) is 7.11 Å². The van der Waals surface area contributed by atoms with Gasteiger partial charge < -0.3 is 14.0 Å². The summed E-state index contributed by atoms with van der Waals surface area (Å²) >= 11 is 0. The van der Waals surface area contributed by atoms with Crippen molar-refractivity contribution in [2.45, 2.75) is 45.0 Å². The van der Waals surface area contributed by atoms with Crippen LogP contribution in [0.3, 0.4) is 0 Å². The summed E-state index contributed by atoms with van der Waals surface area (Å²) in [4.78, 5) is 25.6. The van der Waals surface area contributed by atoms with Gasteiger partial charge in [-0.25, -0.2) is 29.3 Å². The topological polar surface area (TPSA) is 119 Å². The van der Waals surface area contributed by atoms with Crippen molar-refractivity contribution in [1.82, 2.24) is 44.3 Å². The van der Waals surface area contributed by atoms with E-state index in [4.69, 9.17) is 9.47 Å². The number of methoxy groups -OCH3 is 1. The molecular formula is C26H23F4N9O2. The number of hydrogen-bond acceptors (Lipinski definition) is 9. The summed E-state index contributed by atoms with van der Waals surface area (Å²) in [6.07, 6.45) is 2.60. The molecule has 0 amide bonds. The molecule has 15 heteroatoms. The number of halogens is 4. The van der Waals surface area contributed by atoms with Gasteiger partial charge in [-0.1, -0.05) is 0 Å². The molecule has 0 N–H and O–H groups in total. The molecule has 0 radical (unpaired) electrons. The van der Waals surface area contributed by atoms with Gasteiger partial charge in [0, 0.05) is 37.5 Å². The average Bonchev–Trinajstić information content (AvgIpc) is 3.58. The van der Waals surface area contributed by atoms with Gasteiger partial charge in [0.25, 0.3) is 0 Å². The number of alkyl halides is 3. The predicted molar refractivity (Wildman–Crippen MR) is 136 cm³/mol. The van der Waals surface area contributed by atoms with E-state index < -0.39 is 17.7 Å². The summed E-state index contributed by atoms with van der Waals surface area (Å²) in [5, 5.41) is 4.40. The largest absolute Gasteiger partial charge is 0.480 e. The smallest absolute Gasteiger partial charge is 0.434 e. The standard InChI is InChI=1S/C26H23F4N9O2/c1-4-39-10-17(26(28,29)30)35-23(39)20-15(27)7-13(8-31-20)11-41-25-21-16(9-38(2)37-21)34-22(36-25)18-19(14-5-6-14)32-12-33-24(18)40-3/h7-10,12,14H,4-6,11H2,1-3H3. The molecule has 41 heavy (non-hydrogen) atoms. The highest BCUT2D eigenvalue weighted by atomic mass is 19.4. The van der Waals surface area contributed by atoms with E-state index in [1.807, 2.05) is 0 Å². The van der Waals surface area contributed by atoms with Gasteiger partial charge in [0.15, 0.2) is 28.7 Å². The number of rotatable bonds is 8. The summed E-state index contributed by atoms with van der Waals surface area (Å²) in [6, 6.07) is 1.14. The second kappa shape index (κ2) is 10.1. The zero-order valence-corrected chi connectivity index (χ0v) is 22.1.